The largest absolute Gasteiger partial charge is 0.497 e. The number of carbonyl (C=O) groups excluding carboxylic acids is 4. The molecule has 10 nitrogen and oxygen atoms in total. The third kappa shape index (κ3) is 5.84. The maximum atomic E-state index is 12.4. The molecule has 29 heavy (non-hydrogen) atoms. The van der Waals surface area contributed by atoms with E-state index in [4.69, 9.17) is 14.2 Å². The predicted octanol–water partition coefficient (Wildman–Crippen LogP) is 0.836. The third-order valence-corrected chi connectivity index (χ3v) is 4.27. The minimum absolute atomic E-state index is 0.0490. The van der Waals surface area contributed by atoms with Crippen molar-refractivity contribution >= 4 is 29.5 Å². The van der Waals surface area contributed by atoms with Crippen LogP contribution in [-0.4, -0.2) is 57.7 Å². The maximum Gasteiger partial charge on any atom is 0.321 e. The Bertz CT molecular complexity index is 781. The summed E-state index contributed by atoms with van der Waals surface area (Å²) in [6, 6.07) is 4.35. The first-order valence-corrected chi connectivity index (χ1v) is 9.16. The molecule has 0 aromatic heterocycles. The topological polar surface area (TPSA) is 123 Å². The van der Waals surface area contributed by atoms with Crippen molar-refractivity contribution < 1.29 is 33.4 Å². The molecule has 10 heteroatoms. The predicted molar refractivity (Wildman–Crippen MR) is 103 cm³/mol. The Labute approximate surface area is 168 Å². The average molecular weight is 407 g/mol. The number of nitrogens with one attached hydrogen (secondary N) is 2. The lowest BCUT2D eigenvalue weighted by molar-refractivity contribution is -0.152. The Hall–Kier alpha value is -3.30. The smallest absolute Gasteiger partial charge is 0.321 e. The SMILES string of the molecule is CCCNC(=O)NC(=O)COC(=O)[C@H]1CC(=O)N(c2ccc(OC)cc2OC)C1. The van der Waals surface area contributed by atoms with Crippen LogP contribution < -0.4 is 25.0 Å². The normalized spacial score (nSPS) is 15.6. The monoisotopic (exact) mass is 407 g/mol. The molecule has 0 spiro atoms. The molecule has 1 atom stereocenters. The summed E-state index contributed by atoms with van der Waals surface area (Å²) in [6.07, 6.45) is 0.675. The second kappa shape index (κ2) is 10.3. The van der Waals surface area contributed by atoms with E-state index in [0.29, 0.717) is 23.7 Å². The number of rotatable bonds is 8. The number of esters is 1. The molecule has 1 saturated heterocycles. The zero-order valence-corrected chi connectivity index (χ0v) is 16.6. The van der Waals surface area contributed by atoms with Crippen LogP contribution in [0.2, 0.25) is 0 Å². The number of anilines is 1. The van der Waals surface area contributed by atoms with Gasteiger partial charge in [-0.05, 0) is 18.6 Å². The van der Waals surface area contributed by atoms with Gasteiger partial charge in [0.15, 0.2) is 6.61 Å². The number of hydrogen-bond acceptors (Lipinski definition) is 7. The van der Waals surface area contributed by atoms with Gasteiger partial charge in [0.1, 0.15) is 11.5 Å². The number of hydrogen-bond donors (Lipinski definition) is 2. The molecule has 1 aliphatic rings. The average Bonchev–Trinajstić information content (AvgIpc) is 3.11. The van der Waals surface area contributed by atoms with Crippen molar-refractivity contribution in [3.05, 3.63) is 18.2 Å². The minimum atomic E-state index is -0.745. The van der Waals surface area contributed by atoms with Crippen LogP contribution in [0, 0.1) is 5.92 Å². The van der Waals surface area contributed by atoms with Crippen molar-refractivity contribution in [2.75, 3.05) is 38.8 Å². The molecule has 4 amide bonds. The van der Waals surface area contributed by atoms with Gasteiger partial charge in [-0.1, -0.05) is 6.92 Å². The van der Waals surface area contributed by atoms with E-state index in [1.54, 1.807) is 18.2 Å². The van der Waals surface area contributed by atoms with Gasteiger partial charge in [0.25, 0.3) is 5.91 Å². The van der Waals surface area contributed by atoms with Crippen molar-refractivity contribution in [3.63, 3.8) is 0 Å². The molecule has 1 aromatic carbocycles. The van der Waals surface area contributed by atoms with Gasteiger partial charge in [0, 0.05) is 25.6 Å². The number of urea groups is 1. The minimum Gasteiger partial charge on any atom is -0.497 e. The third-order valence-electron chi connectivity index (χ3n) is 4.27. The molecule has 1 fully saturated rings. The number of carbonyl (C=O) groups is 4. The van der Waals surface area contributed by atoms with Crippen molar-refractivity contribution in [1.82, 2.24) is 10.6 Å². The van der Waals surface area contributed by atoms with Crippen LogP contribution in [0.1, 0.15) is 19.8 Å². The zero-order valence-electron chi connectivity index (χ0n) is 16.6. The highest BCUT2D eigenvalue weighted by atomic mass is 16.5. The van der Waals surface area contributed by atoms with Crippen molar-refractivity contribution in [2.24, 2.45) is 5.92 Å². The summed E-state index contributed by atoms with van der Waals surface area (Å²) in [5.74, 6) is -1.41. The van der Waals surface area contributed by atoms with E-state index in [0.717, 1.165) is 6.42 Å². The fourth-order valence-electron chi connectivity index (χ4n) is 2.81. The summed E-state index contributed by atoms with van der Waals surface area (Å²) in [7, 11) is 2.99. The molecule has 1 aliphatic heterocycles. The van der Waals surface area contributed by atoms with Gasteiger partial charge >= 0.3 is 12.0 Å². The van der Waals surface area contributed by atoms with Gasteiger partial charge in [-0.2, -0.15) is 0 Å². The van der Waals surface area contributed by atoms with Crippen LogP contribution in [0.25, 0.3) is 0 Å². The number of benzene rings is 1. The lowest BCUT2D eigenvalue weighted by atomic mass is 10.1. The molecule has 2 N–H and O–H groups in total. The Morgan fingerprint density at radius 2 is 1.97 bits per heavy atom. The van der Waals surface area contributed by atoms with Crippen LogP contribution in [0.3, 0.4) is 0 Å². The highest BCUT2D eigenvalue weighted by Crippen LogP contribution is 2.35. The van der Waals surface area contributed by atoms with Crippen LogP contribution in [0.15, 0.2) is 18.2 Å². The molecule has 0 bridgehead atoms. The summed E-state index contributed by atoms with van der Waals surface area (Å²) in [5.41, 5.74) is 0.513. The summed E-state index contributed by atoms with van der Waals surface area (Å²) in [6.45, 7) is 1.79. The Balaban J connectivity index is 1.92. The van der Waals surface area contributed by atoms with Gasteiger partial charge in [-0.25, -0.2) is 4.79 Å². The Morgan fingerprint density at radius 1 is 1.21 bits per heavy atom. The number of nitrogens with zero attached hydrogens (tertiary/aromatic N) is 1. The van der Waals surface area contributed by atoms with Crippen molar-refractivity contribution in [3.8, 4) is 11.5 Å². The quantitative estimate of drug-likeness (QED) is 0.612. The van der Waals surface area contributed by atoms with E-state index in [1.807, 2.05) is 6.92 Å². The summed E-state index contributed by atoms with van der Waals surface area (Å²) in [4.78, 5) is 49.2. The number of amides is 4. The second-order valence-corrected chi connectivity index (χ2v) is 6.35. The van der Waals surface area contributed by atoms with E-state index in [9.17, 15) is 19.2 Å². The zero-order chi connectivity index (χ0) is 21.4. The van der Waals surface area contributed by atoms with E-state index in [2.05, 4.69) is 10.6 Å². The molecule has 0 aliphatic carbocycles. The standard InChI is InChI=1S/C19H25N3O7/c1-4-7-20-19(26)21-16(23)11-29-18(25)12-8-17(24)22(10-12)14-6-5-13(27-2)9-15(14)28-3/h5-6,9,12H,4,7-8,10-11H2,1-3H3,(H2,20,21,23,26)/t12-/m0/s1. The number of ether oxygens (including phenoxy) is 3. The fraction of sp³-hybridized carbons (Fsp3) is 0.474. The summed E-state index contributed by atoms with van der Waals surface area (Å²) >= 11 is 0. The highest BCUT2D eigenvalue weighted by Gasteiger charge is 2.37. The van der Waals surface area contributed by atoms with Gasteiger partial charge in [0.2, 0.25) is 5.91 Å². The summed E-state index contributed by atoms with van der Waals surface area (Å²) < 4.78 is 15.4. The molecular weight excluding hydrogens is 382 g/mol. The van der Waals surface area contributed by atoms with Crippen molar-refractivity contribution in [2.45, 2.75) is 19.8 Å². The van der Waals surface area contributed by atoms with E-state index in [1.165, 1.54) is 19.1 Å². The van der Waals surface area contributed by atoms with Gasteiger partial charge < -0.3 is 24.4 Å². The molecule has 2 rings (SSSR count). The maximum absolute atomic E-state index is 12.4. The van der Waals surface area contributed by atoms with E-state index < -0.39 is 30.4 Å². The van der Waals surface area contributed by atoms with Gasteiger partial charge in [-0.15, -0.1) is 0 Å². The first-order valence-electron chi connectivity index (χ1n) is 9.16. The van der Waals surface area contributed by atoms with Gasteiger partial charge in [0.05, 0.1) is 25.8 Å². The Kier molecular flexibility index (Phi) is 7.81. The second-order valence-electron chi connectivity index (χ2n) is 6.35. The fourth-order valence-corrected chi connectivity index (χ4v) is 2.81. The number of methoxy groups -OCH3 is 2. The molecular formula is C19H25N3O7. The first-order chi connectivity index (χ1) is 13.9. The van der Waals surface area contributed by atoms with E-state index >= 15 is 0 Å². The van der Waals surface area contributed by atoms with Crippen molar-refractivity contribution in [1.29, 1.82) is 0 Å². The molecule has 0 radical (unpaired) electrons. The van der Waals surface area contributed by atoms with Crippen LogP contribution in [0.4, 0.5) is 10.5 Å². The Morgan fingerprint density at radius 3 is 2.62 bits per heavy atom. The molecule has 158 valence electrons. The number of imide groups is 1. The highest BCUT2D eigenvalue weighted by molar-refractivity contribution is 6.01. The lowest BCUT2D eigenvalue weighted by Gasteiger charge is -2.20. The summed E-state index contributed by atoms with van der Waals surface area (Å²) in [5, 5.41) is 4.53. The molecule has 1 aromatic rings. The van der Waals surface area contributed by atoms with Gasteiger partial charge in [-0.3, -0.25) is 19.7 Å². The van der Waals surface area contributed by atoms with Crippen LogP contribution >= 0.6 is 0 Å². The van der Waals surface area contributed by atoms with E-state index in [-0.39, 0.29) is 18.9 Å². The lowest BCUT2D eigenvalue weighted by Crippen LogP contribution is -2.42. The van der Waals surface area contributed by atoms with Crippen LogP contribution in [0.5, 0.6) is 11.5 Å². The van der Waals surface area contributed by atoms with Crippen LogP contribution in [-0.2, 0) is 19.1 Å². The first kappa shape index (κ1) is 22.0. The molecule has 1 heterocycles. The molecule has 0 saturated carbocycles. The molecule has 0 unspecified atom stereocenters.